The Labute approximate surface area is 192 Å². The maximum Gasteiger partial charge on any atom is 0.322 e. The van der Waals surface area contributed by atoms with Gasteiger partial charge in [-0.15, -0.1) is 0 Å². The number of aliphatic carboxylic acids is 1. The monoisotopic (exact) mass is 492 g/mol. The number of carbonyl (C=O) groups is 1. The first-order valence-corrected chi connectivity index (χ1v) is 11.2. The van der Waals surface area contributed by atoms with Gasteiger partial charge < -0.3 is 22.0 Å². The Kier molecular flexibility index (Phi) is 7.11. The van der Waals surface area contributed by atoms with Gasteiger partial charge >= 0.3 is 5.97 Å². The molecule has 3 rings (SSSR count). The van der Waals surface area contributed by atoms with Crippen LogP contribution in [-0.4, -0.2) is 31.1 Å². The summed E-state index contributed by atoms with van der Waals surface area (Å²) < 4.78 is 69.8. The summed E-state index contributed by atoms with van der Waals surface area (Å²) in [5.41, 5.74) is 4.11. The van der Waals surface area contributed by atoms with Gasteiger partial charge in [0.25, 0.3) is 0 Å². The molecule has 0 bridgehead atoms. The maximum absolute atomic E-state index is 14.8. The van der Waals surface area contributed by atoms with E-state index in [4.69, 9.17) is 11.6 Å². The van der Waals surface area contributed by atoms with E-state index in [0.29, 0.717) is 0 Å². The van der Waals surface area contributed by atoms with Crippen molar-refractivity contribution >= 4 is 33.5 Å². The molecule has 0 saturated heterocycles. The van der Waals surface area contributed by atoms with Gasteiger partial charge in [0.15, 0.2) is 32.5 Å². The van der Waals surface area contributed by atoms with E-state index in [1.807, 2.05) is 0 Å². The van der Waals surface area contributed by atoms with Gasteiger partial charge in [-0.25, -0.2) is 21.6 Å². The van der Waals surface area contributed by atoms with Crippen LogP contribution in [0, 0.1) is 17.5 Å². The summed E-state index contributed by atoms with van der Waals surface area (Å²) in [6.07, 6.45) is 0.154. The molecule has 6 N–H and O–H groups in total. The van der Waals surface area contributed by atoms with Gasteiger partial charge in [-0.1, -0.05) is 36.4 Å². The van der Waals surface area contributed by atoms with Crippen molar-refractivity contribution in [2.45, 2.75) is 16.6 Å². The smallest absolute Gasteiger partial charge is 0.322 e. The first-order chi connectivity index (χ1) is 16.1. The van der Waals surface area contributed by atoms with Gasteiger partial charge in [-0.2, -0.15) is 5.10 Å². The van der Waals surface area contributed by atoms with Crippen LogP contribution in [0.1, 0.15) is 5.56 Å². The van der Waals surface area contributed by atoms with Crippen LogP contribution in [0.25, 0.3) is 11.1 Å². The zero-order chi connectivity index (χ0) is 25.0. The number of benzene rings is 3. The molecule has 0 radical (unpaired) electrons. The molecule has 0 aromatic heterocycles. The average molecular weight is 492 g/mol. The fourth-order valence-electron chi connectivity index (χ4n) is 3.40. The minimum atomic E-state index is -4.61. The molecule has 8 nitrogen and oxygen atoms in total. The minimum absolute atomic E-state index is 0.0643. The normalized spacial score (nSPS) is 12.6. The van der Waals surface area contributed by atoms with Gasteiger partial charge in [0, 0.05) is 17.7 Å². The third kappa shape index (κ3) is 4.66. The molecule has 3 aromatic rings. The van der Waals surface area contributed by atoms with E-state index in [9.17, 15) is 31.5 Å². The van der Waals surface area contributed by atoms with Crippen molar-refractivity contribution in [2.24, 2.45) is 10.9 Å². The quantitative estimate of drug-likeness (QED) is 0.0943. The lowest BCUT2D eigenvalue weighted by molar-refractivity contribution is -0.136. The number of rotatable bonds is 8. The number of sulfone groups is 1. The number of hydrogen-bond acceptors (Lipinski definition) is 6. The van der Waals surface area contributed by atoms with Crippen molar-refractivity contribution in [3.05, 3.63) is 77.6 Å². The molecule has 0 heterocycles. The highest BCUT2D eigenvalue weighted by molar-refractivity contribution is 7.92. The third-order valence-electron chi connectivity index (χ3n) is 5.04. The highest BCUT2D eigenvalue weighted by Crippen LogP contribution is 2.37. The van der Waals surface area contributed by atoms with Crippen molar-refractivity contribution in [1.29, 1.82) is 0 Å². The first kappa shape index (κ1) is 24.6. The molecule has 0 aliphatic carbocycles. The molecule has 178 valence electrons. The predicted octanol–water partition coefficient (Wildman–Crippen LogP) is 3.14. The van der Waals surface area contributed by atoms with E-state index in [1.54, 1.807) is 6.07 Å². The molecule has 1 unspecified atom stereocenters. The number of nitrogens with zero attached hydrogens (tertiary/aromatic N) is 1. The molecule has 12 heteroatoms. The Morgan fingerprint density at radius 2 is 1.74 bits per heavy atom. The van der Waals surface area contributed by atoms with Crippen LogP contribution in [0.2, 0.25) is 0 Å². The standard InChI is InChI=1S/C22H19F3N4O4S/c23-18-17(12-5-2-1-3-6-12)15(21(26)20(25)19(18)24)10-16(22(30)31)34(32,33)14-8-4-7-13(9-14)28-11-29-27/h1-9,11,16H,10,26-27H2,(H,28,29)(H,30,31). The molecular weight excluding hydrogens is 473 g/mol. The van der Waals surface area contributed by atoms with E-state index in [2.05, 4.69) is 10.4 Å². The summed E-state index contributed by atoms with van der Waals surface area (Å²) in [4.78, 5) is 11.7. The average Bonchev–Trinajstić information content (AvgIpc) is 2.83. The van der Waals surface area contributed by atoms with Gasteiger partial charge in [0.05, 0.1) is 10.6 Å². The lowest BCUT2D eigenvalue weighted by atomic mass is 9.93. The van der Waals surface area contributed by atoms with Crippen LogP contribution in [0.3, 0.4) is 0 Å². The SMILES string of the molecule is NN=CNc1cccc(S(=O)(=O)C(Cc2c(N)c(F)c(F)c(F)c2-c2ccccc2)C(=O)O)c1. The van der Waals surface area contributed by atoms with Gasteiger partial charge in [0.1, 0.15) is 6.34 Å². The summed E-state index contributed by atoms with van der Waals surface area (Å²) in [6.45, 7) is 0. The van der Waals surface area contributed by atoms with E-state index in [0.717, 1.165) is 18.5 Å². The lowest BCUT2D eigenvalue weighted by Gasteiger charge is -2.20. The Bertz CT molecular complexity index is 1370. The van der Waals surface area contributed by atoms with Crippen LogP contribution in [0.15, 0.2) is 64.6 Å². The highest BCUT2D eigenvalue weighted by atomic mass is 32.2. The fraction of sp³-hybridized carbons (Fsp3) is 0.0909. The Morgan fingerprint density at radius 3 is 2.35 bits per heavy atom. The van der Waals surface area contributed by atoms with Crippen LogP contribution in [0.5, 0.6) is 0 Å². The van der Waals surface area contributed by atoms with E-state index >= 15 is 0 Å². The van der Waals surface area contributed by atoms with Crippen molar-refractivity contribution in [2.75, 3.05) is 11.1 Å². The summed E-state index contributed by atoms with van der Waals surface area (Å²) in [7, 11) is -4.61. The number of halogens is 3. The number of anilines is 2. The van der Waals surface area contributed by atoms with E-state index in [1.165, 1.54) is 36.4 Å². The molecule has 0 spiro atoms. The molecule has 0 fully saturated rings. The molecule has 3 aromatic carbocycles. The first-order valence-electron chi connectivity index (χ1n) is 9.64. The number of nitrogens with two attached hydrogens (primary N) is 2. The van der Waals surface area contributed by atoms with Gasteiger partial charge in [-0.05, 0) is 29.3 Å². The van der Waals surface area contributed by atoms with Crippen LogP contribution in [0.4, 0.5) is 24.5 Å². The summed E-state index contributed by atoms with van der Waals surface area (Å²) in [5, 5.41) is 13.4. The zero-order valence-corrected chi connectivity index (χ0v) is 18.2. The van der Waals surface area contributed by atoms with E-state index < -0.39 is 66.6 Å². The van der Waals surface area contributed by atoms with Crippen LogP contribution < -0.4 is 16.9 Å². The highest BCUT2D eigenvalue weighted by Gasteiger charge is 2.37. The maximum atomic E-state index is 14.8. The number of carboxylic acid groups (broad SMARTS) is 1. The largest absolute Gasteiger partial charge is 0.480 e. The predicted molar refractivity (Wildman–Crippen MR) is 121 cm³/mol. The second-order valence-electron chi connectivity index (χ2n) is 7.10. The summed E-state index contributed by atoms with van der Waals surface area (Å²) in [5.74, 6) is -1.99. The molecular formula is C22H19F3N4O4S. The van der Waals surface area contributed by atoms with Gasteiger partial charge in [-0.3, -0.25) is 4.79 Å². The van der Waals surface area contributed by atoms with Crippen molar-refractivity contribution in [1.82, 2.24) is 0 Å². The molecule has 0 aliphatic rings. The Morgan fingerprint density at radius 1 is 1.06 bits per heavy atom. The number of carboxylic acids is 1. The number of hydrazone groups is 1. The Balaban J connectivity index is 2.17. The Hall–Kier alpha value is -4.06. The second-order valence-corrected chi connectivity index (χ2v) is 9.23. The van der Waals surface area contributed by atoms with Crippen molar-refractivity contribution < 1.29 is 31.5 Å². The van der Waals surface area contributed by atoms with Crippen molar-refractivity contribution in [3.8, 4) is 11.1 Å². The molecule has 0 aliphatic heterocycles. The fourth-order valence-corrected chi connectivity index (χ4v) is 4.94. The number of nitrogen functional groups attached to an aromatic ring is 1. The van der Waals surface area contributed by atoms with Crippen LogP contribution >= 0.6 is 0 Å². The lowest BCUT2D eigenvalue weighted by Crippen LogP contribution is -2.33. The molecule has 34 heavy (non-hydrogen) atoms. The second kappa shape index (κ2) is 9.83. The molecule has 1 atom stereocenters. The molecule has 0 saturated carbocycles. The van der Waals surface area contributed by atoms with Crippen molar-refractivity contribution in [3.63, 3.8) is 0 Å². The topological polar surface area (TPSA) is 148 Å². The van der Waals surface area contributed by atoms with Crippen LogP contribution in [-0.2, 0) is 21.1 Å². The molecule has 0 amide bonds. The summed E-state index contributed by atoms with van der Waals surface area (Å²) in [6, 6.07) is 12.4. The zero-order valence-electron chi connectivity index (χ0n) is 17.4. The minimum Gasteiger partial charge on any atom is -0.480 e. The van der Waals surface area contributed by atoms with Gasteiger partial charge in [0.2, 0.25) is 0 Å². The number of nitrogens with one attached hydrogen (secondary N) is 1. The third-order valence-corrected chi connectivity index (χ3v) is 7.07. The number of hydrogen-bond donors (Lipinski definition) is 4. The van der Waals surface area contributed by atoms with E-state index in [-0.39, 0.29) is 11.3 Å². The summed E-state index contributed by atoms with van der Waals surface area (Å²) >= 11 is 0.